The lowest BCUT2D eigenvalue weighted by atomic mass is 10.1. The van der Waals surface area contributed by atoms with Crippen LogP contribution in [-0.4, -0.2) is 51.4 Å². The predicted molar refractivity (Wildman–Crippen MR) is 76.9 cm³/mol. The average Bonchev–Trinajstić information content (AvgIpc) is 2.41. The number of nitrogens with zero attached hydrogens (tertiary/aromatic N) is 3. The smallest absolute Gasteiger partial charge is 0.259 e. The van der Waals surface area contributed by atoms with E-state index in [0.717, 1.165) is 0 Å². The number of carbonyl (C=O) groups is 3. The summed E-state index contributed by atoms with van der Waals surface area (Å²) >= 11 is 1.33. The molecule has 1 saturated heterocycles. The number of hydrogen-bond acceptors (Lipinski definition) is 6. The minimum absolute atomic E-state index is 0.146. The fourth-order valence-electron chi connectivity index (χ4n) is 2.18. The SMILES string of the molecule is CSc1nc(C)nc(C)c1C(=O)N1CC(=O)NC(=O)C1C. The Labute approximate surface area is 126 Å². The zero-order valence-electron chi connectivity index (χ0n) is 12.3. The molecular formula is C13H16N4O3S. The van der Waals surface area contributed by atoms with Crippen molar-refractivity contribution in [3.63, 3.8) is 0 Å². The predicted octanol–water partition coefficient (Wildman–Crippen LogP) is 0.302. The molecule has 1 aromatic heterocycles. The Kier molecular flexibility index (Phi) is 4.26. The van der Waals surface area contributed by atoms with Crippen molar-refractivity contribution in [3.8, 4) is 0 Å². The van der Waals surface area contributed by atoms with Gasteiger partial charge in [0.15, 0.2) is 0 Å². The lowest BCUT2D eigenvalue weighted by Crippen LogP contribution is -2.58. The maximum absolute atomic E-state index is 12.7. The number of aryl methyl sites for hydroxylation is 2. The lowest BCUT2D eigenvalue weighted by Gasteiger charge is -2.32. The van der Waals surface area contributed by atoms with E-state index in [1.165, 1.54) is 16.7 Å². The number of hydrogen-bond donors (Lipinski definition) is 1. The second-order valence-electron chi connectivity index (χ2n) is 4.76. The van der Waals surface area contributed by atoms with Crippen LogP contribution >= 0.6 is 11.8 Å². The van der Waals surface area contributed by atoms with E-state index in [1.807, 2.05) is 6.26 Å². The van der Waals surface area contributed by atoms with Crippen LogP contribution in [0.5, 0.6) is 0 Å². The molecule has 0 aromatic carbocycles. The molecule has 112 valence electrons. The molecule has 1 unspecified atom stereocenters. The summed E-state index contributed by atoms with van der Waals surface area (Å²) in [4.78, 5) is 45.6. The second-order valence-corrected chi connectivity index (χ2v) is 5.56. The van der Waals surface area contributed by atoms with E-state index in [1.54, 1.807) is 20.8 Å². The Morgan fingerprint density at radius 2 is 2.00 bits per heavy atom. The maximum Gasteiger partial charge on any atom is 0.259 e. The Morgan fingerprint density at radius 1 is 1.33 bits per heavy atom. The Bertz CT molecular complexity index is 632. The number of piperazine rings is 1. The highest BCUT2D eigenvalue weighted by atomic mass is 32.2. The van der Waals surface area contributed by atoms with Gasteiger partial charge in [-0.25, -0.2) is 9.97 Å². The number of amides is 3. The van der Waals surface area contributed by atoms with Crippen molar-refractivity contribution >= 4 is 29.5 Å². The summed E-state index contributed by atoms with van der Waals surface area (Å²) in [5.74, 6) is -0.778. The number of imide groups is 1. The lowest BCUT2D eigenvalue weighted by molar-refractivity contribution is -0.138. The van der Waals surface area contributed by atoms with Crippen LogP contribution in [0.3, 0.4) is 0 Å². The van der Waals surface area contributed by atoms with E-state index in [-0.39, 0.29) is 6.54 Å². The van der Waals surface area contributed by atoms with Gasteiger partial charge in [0.25, 0.3) is 5.91 Å². The number of aromatic nitrogens is 2. The molecule has 1 fully saturated rings. The average molecular weight is 308 g/mol. The van der Waals surface area contributed by atoms with E-state index in [9.17, 15) is 14.4 Å². The van der Waals surface area contributed by atoms with Gasteiger partial charge in [-0.3, -0.25) is 19.7 Å². The molecule has 3 amide bonds. The van der Waals surface area contributed by atoms with Crippen LogP contribution in [0.15, 0.2) is 5.03 Å². The quantitative estimate of drug-likeness (QED) is 0.480. The Balaban J connectivity index is 2.44. The minimum Gasteiger partial charge on any atom is -0.317 e. The van der Waals surface area contributed by atoms with E-state index in [4.69, 9.17) is 0 Å². The van der Waals surface area contributed by atoms with Crippen molar-refractivity contribution in [2.24, 2.45) is 0 Å². The highest BCUT2D eigenvalue weighted by Crippen LogP contribution is 2.23. The molecule has 1 atom stereocenters. The molecule has 1 N–H and O–H groups in total. The van der Waals surface area contributed by atoms with Crippen LogP contribution in [0.1, 0.15) is 28.8 Å². The fraction of sp³-hybridized carbons (Fsp3) is 0.462. The molecule has 2 rings (SSSR count). The summed E-state index contributed by atoms with van der Waals surface area (Å²) in [5, 5.41) is 2.76. The van der Waals surface area contributed by atoms with Gasteiger partial charge in [-0.05, 0) is 27.0 Å². The third-order valence-electron chi connectivity index (χ3n) is 3.26. The molecule has 0 radical (unpaired) electrons. The summed E-state index contributed by atoms with van der Waals surface area (Å²) < 4.78 is 0. The number of nitrogens with one attached hydrogen (secondary N) is 1. The first-order chi connectivity index (χ1) is 9.85. The summed E-state index contributed by atoms with van der Waals surface area (Å²) in [6, 6.07) is -0.703. The third kappa shape index (κ3) is 2.90. The molecule has 2 heterocycles. The molecule has 0 aliphatic carbocycles. The molecule has 21 heavy (non-hydrogen) atoms. The van der Waals surface area contributed by atoms with E-state index >= 15 is 0 Å². The largest absolute Gasteiger partial charge is 0.317 e. The van der Waals surface area contributed by atoms with Gasteiger partial charge in [-0.1, -0.05) is 0 Å². The van der Waals surface area contributed by atoms with E-state index in [2.05, 4.69) is 15.3 Å². The van der Waals surface area contributed by atoms with E-state index in [0.29, 0.717) is 22.1 Å². The van der Waals surface area contributed by atoms with Crippen LogP contribution in [-0.2, 0) is 9.59 Å². The summed E-state index contributed by atoms with van der Waals surface area (Å²) in [5.41, 5.74) is 0.893. The summed E-state index contributed by atoms with van der Waals surface area (Å²) in [6.07, 6.45) is 1.81. The first-order valence-corrected chi connectivity index (χ1v) is 7.61. The molecule has 8 heteroatoms. The van der Waals surface area contributed by atoms with E-state index < -0.39 is 23.8 Å². The number of rotatable bonds is 2. The fourth-order valence-corrected chi connectivity index (χ4v) is 2.84. The summed E-state index contributed by atoms with van der Waals surface area (Å²) in [7, 11) is 0. The number of thioether (sulfide) groups is 1. The van der Waals surface area contributed by atoms with Gasteiger partial charge in [0.2, 0.25) is 11.8 Å². The first kappa shape index (κ1) is 15.4. The molecular weight excluding hydrogens is 292 g/mol. The normalized spacial score (nSPS) is 18.7. The molecule has 7 nitrogen and oxygen atoms in total. The molecule has 0 saturated carbocycles. The van der Waals surface area contributed by atoms with Crippen molar-refractivity contribution < 1.29 is 14.4 Å². The highest BCUT2D eigenvalue weighted by Gasteiger charge is 2.35. The Morgan fingerprint density at radius 3 is 2.62 bits per heavy atom. The minimum atomic E-state index is -0.703. The topological polar surface area (TPSA) is 92.3 Å². The highest BCUT2D eigenvalue weighted by molar-refractivity contribution is 7.98. The monoisotopic (exact) mass is 308 g/mol. The van der Waals surface area contributed by atoms with Crippen LogP contribution in [0.4, 0.5) is 0 Å². The van der Waals surface area contributed by atoms with Crippen LogP contribution in [0.2, 0.25) is 0 Å². The van der Waals surface area contributed by atoms with Crippen LogP contribution < -0.4 is 5.32 Å². The Hall–Kier alpha value is -1.96. The van der Waals surface area contributed by atoms with Gasteiger partial charge in [0, 0.05) is 0 Å². The molecule has 1 aromatic rings. The molecule has 1 aliphatic rings. The zero-order chi connectivity index (χ0) is 15.7. The standard InChI is InChI=1S/C13H16N4O3S/c1-6-10(12(21-4)15-8(3)14-6)13(20)17-5-9(18)16-11(19)7(17)2/h7H,5H2,1-4H3,(H,16,18,19). The van der Waals surface area contributed by atoms with Crippen molar-refractivity contribution in [2.75, 3.05) is 12.8 Å². The maximum atomic E-state index is 12.7. The van der Waals surface area contributed by atoms with Crippen LogP contribution in [0, 0.1) is 13.8 Å². The van der Waals surface area contributed by atoms with Crippen LogP contribution in [0.25, 0.3) is 0 Å². The van der Waals surface area contributed by atoms with Gasteiger partial charge in [-0.2, -0.15) is 0 Å². The number of carbonyl (C=O) groups excluding carboxylic acids is 3. The van der Waals surface area contributed by atoms with Crippen molar-refractivity contribution in [3.05, 3.63) is 17.1 Å². The first-order valence-electron chi connectivity index (χ1n) is 6.39. The van der Waals surface area contributed by atoms with Gasteiger partial charge in [0.1, 0.15) is 23.4 Å². The van der Waals surface area contributed by atoms with Crippen molar-refractivity contribution in [1.29, 1.82) is 0 Å². The van der Waals surface area contributed by atoms with Gasteiger partial charge >= 0.3 is 0 Å². The van der Waals surface area contributed by atoms with Gasteiger partial charge < -0.3 is 4.90 Å². The van der Waals surface area contributed by atoms with Gasteiger partial charge in [-0.15, -0.1) is 11.8 Å². The zero-order valence-corrected chi connectivity index (χ0v) is 13.1. The summed E-state index contributed by atoms with van der Waals surface area (Å²) in [6.45, 7) is 4.91. The third-order valence-corrected chi connectivity index (χ3v) is 3.94. The molecule has 0 spiro atoms. The van der Waals surface area contributed by atoms with Crippen molar-refractivity contribution in [1.82, 2.24) is 20.2 Å². The molecule has 1 aliphatic heterocycles. The van der Waals surface area contributed by atoms with Gasteiger partial charge in [0.05, 0.1) is 11.3 Å². The van der Waals surface area contributed by atoms with Crippen molar-refractivity contribution in [2.45, 2.75) is 31.8 Å². The molecule has 0 bridgehead atoms. The second kappa shape index (κ2) is 5.80.